The zero-order valence-corrected chi connectivity index (χ0v) is 11.4. The van der Waals surface area contributed by atoms with Gasteiger partial charge in [-0.3, -0.25) is 14.8 Å². The highest BCUT2D eigenvalue weighted by Gasteiger charge is 2.26. The lowest BCUT2D eigenvalue weighted by molar-refractivity contribution is 0.112. The molecule has 4 nitrogen and oxygen atoms in total. The third-order valence-electron chi connectivity index (χ3n) is 4.21. The zero-order valence-electron chi connectivity index (χ0n) is 11.4. The van der Waals surface area contributed by atoms with Crippen molar-refractivity contribution in [3.05, 3.63) is 23.5 Å². The standard InChI is InChI=1S/C15H21N3O/c1-10-3-4-12(17-2)5-6-13(10)15-7-11(9-19)14(16)8-18-15/h7-10,12-13H,2-6,16H2,1H3. The summed E-state index contributed by atoms with van der Waals surface area (Å²) in [4.78, 5) is 19.6. The SMILES string of the molecule is C=NC1CCC(C)C(c2cc(C=O)c(N)cn2)CC1. The molecule has 4 heteroatoms. The molecule has 102 valence electrons. The predicted molar refractivity (Wildman–Crippen MR) is 77.7 cm³/mol. The predicted octanol–water partition coefficient (Wildman–Crippen LogP) is 2.84. The van der Waals surface area contributed by atoms with Gasteiger partial charge >= 0.3 is 0 Å². The zero-order chi connectivity index (χ0) is 13.8. The van der Waals surface area contributed by atoms with E-state index in [9.17, 15) is 4.79 Å². The second kappa shape index (κ2) is 5.95. The molecule has 1 aromatic rings. The van der Waals surface area contributed by atoms with Crippen molar-refractivity contribution in [3.63, 3.8) is 0 Å². The lowest BCUT2D eigenvalue weighted by atomic mass is 9.86. The average molecular weight is 259 g/mol. The Morgan fingerprint density at radius 1 is 1.42 bits per heavy atom. The van der Waals surface area contributed by atoms with Crippen LogP contribution in [0.3, 0.4) is 0 Å². The van der Waals surface area contributed by atoms with Crippen LogP contribution in [0.5, 0.6) is 0 Å². The molecule has 1 aromatic heterocycles. The van der Waals surface area contributed by atoms with Crippen LogP contribution in [0.4, 0.5) is 5.69 Å². The highest BCUT2D eigenvalue weighted by Crippen LogP contribution is 2.36. The first-order valence-electron chi connectivity index (χ1n) is 6.82. The molecule has 1 aliphatic carbocycles. The lowest BCUT2D eigenvalue weighted by Gasteiger charge is -2.21. The second-order valence-electron chi connectivity index (χ2n) is 5.43. The lowest BCUT2D eigenvalue weighted by Crippen LogP contribution is -2.11. The first-order valence-corrected chi connectivity index (χ1v) is 6.82. The van der Waals surface area contributed by atoms with E-state index in [0.717, 1.165) is 37.7 Å². The summed E-state index contributed by atoms with van der Waals surface area (Å²) in [5, 5.41) is 0. The van der Waals surface area contributed by atoms with Crippen molar-refractivity contribution in [1.29, 1.82) is 0 Å². The van der Waals surface area contributed by atoms with Gasteiger partial charge in [-0.05, 0) is 44.4 Å². The molecule has 0 radical (unpaired) electrons. The average Bonchev–Trinajstić information content (AvgIpc) is 2.61. The Balaban J connectivity index is 2.24. The van der Waals surface area contributed by atoms with Gasteiger partial charge < -0.3 is 5.73 Å². The molecule has 0 saturated heterocycles. The van der Waals surface area contributed by atoms with Crippen LogP contribution < -0.4 is 5.73 Å². The summed E-state index contributed by atoms with van der Waals surface area (Å²) in [6.07, 6.45) is 6.70. The van der Waals surface area contributed by atoms with Crippen molar-refractivity contribution in [3.8, 4) is 0 Å². The summed E-state index contributed by atoms with van der Waals surface area (Å²) in [6.45, 7) is 5.90. The number of nitrogens with two attached hydrogens (primary N) is 1. The van der Waals surface area contributed by atoms with E-state index >= 15 is 0 Å². The van der Waals surface area contributed by atoms with Crippen molar-refractivity contribution in [1.82, 2.24) is 4.98 Å². The number of aldehydes is 1. The van der Waals surface area contributed by atoms with Crippen LogP contribution in [0.25, 0.3) is 0 Å². The van der Waals surface area contributed by atoms with Crippen LogP contribution in [0.1, 0.15) is 54.6 Å². The van der Waals surface area contributed by atoms with E-state index in [-0.39, 0.29) is 0 Å². The topological polar surface area (TPSA) is 68.3 Å². The summed E-state index contributed by atoms with van der Waals surface area (Å²) in [5.41, 5.74) is 7.69. The third-order valence-corrected chi connectivity index (χ3v) is 4.21. The van der Waals surface area contributed by atoms with Crippen LogP contribution in [-0.4, -0.2) is 24.0 Å². The molecular weight excluding hydrogens is 238 g/mol. The van der Waals surface area contributed by atoms with Gasteiger partial charge in [0.1, 0.15) is 0 Å². The fourth-order valence-corrected chi connectivity index (χ4v) is 2.88. The largest absolute Gasteiger partial charge is 0.397 e. The van der Waals surface area contributed by atoms with E-state index in [2.05, 4.69) is 23.6 Å². The number of anilines is 1. The molecule has 0 bridgehead atoms. The normalized spacial score (nSPS) is 27.5. The van der Waals surface area contributed by atoms with Crippen molar-refractivity contribution >= 4 is 18.7 Å². The number of aliphatic imine (C=N–C) groups is 1. The Hall–Kier alpha value is -1.71. The van der Waals surface area contributed by atoms with E-state index in [1.165, 1.54) is 0 Å². The molecule has 0 aliphatic heterocycles. The van der Waals surface area contributed by atoms with Crippen LogP contribution in [-0.2, 0) is 0 Å². The number of nitrogens with zero attached hydrogens (tertiary/aromatic N) is 2. The fourth-order valence-electron chi connectivity index (χ4n) is 2.88. The van der Waals surface area contributed by atoms with Crippen LogP contribution in [0, 0.1) is 5.92 Å². The minimum Gasteiger partial charge on any atom is -0.397 e. The van der Waals surface area contributed by atoms with E-state index in [1.54, 1.807) is 6.20 Å². The third kappa shape index (κ3) is 3.00. The van der Waals surface area contributed by atoms with E-state index < -0.39 is 0 Å². The van der Waals surface area contributed by atoms with Crippen molar-refractivity contribution in [2.24, 2.45) is 10.9 Å². The molecule has 2 N–H and O–H groups in total. The number of rotatable bonds is 3. The summed E-state index contributed by atoms with van der Waals surface area (Å²) < 4.78 is 0. The number of carbonyl (C=O) groups excluding carboxylic acids is 1. The molecule has 2 rings (SSSR count). The highest BCUT2D eigenvalue weighted by molar-refractivity contribution is 5.82. The molecule has 3 unspecified atom stereocenters. The van der Waals surface area contributed by atoms with Crippen LogP contribution in [0.2, 0.25) is 0 Å². The summed E-state index contributed by atoms with van der Waals surface area (Å²) in [7, 11) is 0. The second-order valence-corrected chi connectivity index (χ2v) is 5.43. The Bertz CT molecular complexity index is 472. The summed E-state index contributed by atoms with van der Waals surface area (Å²) >= 11 is 0. The Kier molecular flexibility index (Phi) is 4.30. The molecule has 1 aliphatic rings. The molecule has 1 heterocycles. The Morgan fingerprint density at radius 2 is 2.16 bits per heavy atom. The van der Waals surface area contributed by atoms with Crippen LogP contribution >= 0.6 is 0 Å². The number of hydrogen-bond donors (Lipinski definition) is 1. The number of hydrogen-bond acceptors (Lipinski definition) is 4. The summed E-state index contributed by atoms with van der Waals surface area (Å²) in [5.74, 6) is 0.924. The minimum atomic E-state index is 0.367. The Labute approximate surface area is 114 Å². The van der Waals surface area contributed by atoms with Crippen LogP contribution in [0.15, 0.2) is 17.3 Å². The maximum Gasteiger partial charge on any atom is 0.152 e. The first-order chi connectivity index (χ1) is 9.15. The number of pyridine rings is 1. The number of aromatic nitrogens is 1. The highest BCUT2D eigenvalue weighted by atomic mass is 16.1. The molecule has 1 fully saturated rings. The molecule has 1 saturated carbocycles. The number of nitrogen functional groups attached to an aromatic ring is 1. The maximum absolute atomic E-state index is 11.0. The molecular formula is C15H21N3O. The van der Waals surface area contributed by atoms with Crippen molar-refractivity contribution in [2.45, 2.75) is 44.6 Å². The molecule has 19 heavy (non-hydrogen) atoms. The molecule has 3 atom stereocenters. The van der Waals surface area contributed by atoms with Gasteiger partial charge in [0, 0.05) is 23.2 Å². The van der Waals surface area contributed by atoms with Gasteiger partial charge in [0.15, 0.2) is 6.29 Å². The van der Waals surface area contributed by atoms with E-state index in [1.807, 2.05) is 6.07 Å². The number of carbonyl (C=O) groups is 1. The van der Waals surface area contributed by atoms with Gasteiger partial charge in [0.2, 0.25) is 0 Å². The molecule has 0 amide bonds. The smallest absolute Gasteiger partial charge is 0.152 e. The van der Waals surface area contributed by atoms with Gasteiger partial charge in [-0.1, -0.05) is 6.92 Å². The van der Waals surface area contributed by atoms with E-state index in [4.69, 9.17) is 5.73 Å². The molecule has 0 spiro atoms. The van der Waals surface area contributed by atoms with Crippen molar-refractivity contribution < 1.29 is 4.79 Å². The quantitative estimate of drug-likeness (QED) is 0.515. The van der Waals surface area contributed by atoms with Gasteiger partial charge in [0.25, 0.3) is 0 Å². The van der Waals surface area contributed by atoms with Gasteiger partial charge in [-0.15, -0.1) is 0 Å². The maximum atomic E-state index is 11.0. The van der Waals surface area contributed by atoms with E-state index in [0.29, 0.717) is 29.1 Å². The Morgan fingerprint density at radius 3 is 2.84 bits per heavy atom. The minimum absolute atomic E-state index is 0.367. The monoisotopic (exact) mass is 259 g/mol. The fraction of sp³-hybridized carbons (Fsp3) is 0.533. The van der Waals surface area contributed by atoms with Gasteiger partial charge in [-0.2, -0.15) is 0 Å². The first kappa shape index (κ1) is 13.7. The molecule has 0 aromatic carbocycles. The summed E-state index contributed by atoms with van der Waals surface area (Å²) in [6, 6.07) is 2.21. The van der Waals surface area contributed by atoms with Gasteiger partial charge in [-0.25, -0.2) is 0 Å². The van der Waals surface area contributed by atoms with Gasteiger partial charge in [0.05, 0.1) is 11.9 Å². The van der Waals surface area contributed by atoms with Crippen molar-refractivity contribution in [2.75, 3.05) is 5.73 Å².